The minimum absolute atomic E-state index is 0.273. The van der Waals surface area contributed by atoms with Crippen molar-refractivity contribution in [3.05, 3.63) is 46.9 Å². The zero-order valence-corrected chi connectivity index (χ0v) is 14.8. The molecule has 6 heteroatoms. The lowest BCUT2D eigenvalue weighted by Gasteiger charge is -2.25. The van der Waals surface area contributed by atoms with Crippen LogP contribution >= 0.6 is 15.9 Å². The van der Waals surface area contributed by atoms with Crippen LogP contribution in [-0.2, 0) is 4.79 Å². The topological polar surface area (TPSA) is 73.6 Å². The van der Waals surface area contributed by atoms with Crippen molar-refractivity contribution in [2.45, 2.75) is 19.4 Å². The van der Waals surface area contributed by atoms with Crippen LogP contribution < -0.4 is 20.5 Å². The fourth-order valence-corrected chi connectivity index (χ4v) is 2.20. The number of ether oxygens (including phenoxy) is 2. The third-order valence-corrected chi connectivity index (χ3v) is 3.75. The average Bonchev–Trinajstić information content (AvgIpc) is 2.49. The number of anilines is 2. The molecule has 0 saturated heterocycles. The summed E-state index contributed by atoms with van der Waals surface area (Å²) in [6.45, 7) is 3.41. The Bertz CT molecular complexity index is 699. The summed E-state index contributed by atoms with van der Waals surface area (Å²) in [5.41, 5.74) is 5.84. The number of hydrogen-bond donors (Lipinski definition) is 2. The minimum Gasteiger partial charge on any atom is -0.495 e. The second kappa shape index (κ2) is 6.91. The summed E-state index contributed by atoms with van der Waals surface area (Å²) in [5, 5.41) is 2.80. The van der Waals surface area contributed by atoms with Gasteiger partial charge in [0.1, 0.15) is 11.5 Å². The number of carbonyl (C=O) groups is 1. The highest BCUT2D eigenvalue weighted by atomic mass is 79.9. The number of hydrogen-bond acceptors (Lipinski definition) is 4. The quantitative estimate of drug-likeness (QED) is 0.775. The molecular weight excluding hydrogens is 360 g/mol. The smallest absolute Gasteiger partial charge is 0.267 e. The van der Waals surface area contributed by atoms with Crippen LogP contribution in [0.15, 0.2) is 46.9 Å². The van der Waals surface area contributed by atoms with Crippen molar-refractivity contribution in [3.8, 4) is 11.5 Å². The Morgan fingerprint density at radius 3 is 2.39 bits per heavy atom. The standard InChI is InChI=1S/C17H19BrN2O3/c1-17(2,23-13-7-4-11(18)5-8-13)16(21)20-12-6-9-15(22-3)14(19)10-12/h4-10H,19H2,1-3H3,(H,20,21). The summed E-state index contributed by atoms with van der Waals surface area (Å²) in [7, 11) is 1.54. The summed E-state index contributed by atoms with van der Waals surface area (Å²) in [5.74, 6) is 0.904. The number of amides is 1. The molecule has 0 bridgehead atoms. The lowest BCUT2D eigenvalue weighted by atomic mass is 10.1. The molecule has 1 amide bonds. The molecule has 0 spiro atoms. The molecule has 2 aromatic rings. The lowest BCUT2D eigenvalue weighted by Crippen LogP contribution is -2.42. The summed E-state index contributed by atoms with van der Waals surface area (Å²) < 4.78 is 11.8. The second-order valence-corrected chi connectivity index (χ2v) is 6.39. The van der Waals surface area contributed by atoms with E-state index in [4.69, 9.17) is 15.2 Å². The molecule has 0 aliphatic rings. The molecular formula is C17H19BrN2O3. The first-order valence-electron chi connectivity index (χ1n) is 7.01. The van der Waals surface area contributed by atoms with E-state index in [-0.39, 0.29) is 5.91 Å². The predicted molar refractivity (Wildman–Crippen MR) is 94.9 cm³/mol. The van der Waals surface area contributed by atoms with Gasteiger partial charge < -0.3 is 20.5 Å². The van der Waals surface area contributed by atoms with E-state index < -0.39 is 5.60 Å². The molecule has 0 aromatic heterocycles. The zero-order chi connectivity index (χ0) is 17.0. The van der Waals surface area contributed by atoms with E-state index in [1.54, 1.807) is 51.3 Å². The second-order valence-electron chi connectivity index (χ2n) is 5.48. The largest absolute Gasteiger partial charge is 0.495 e. The molecule has 2 rings (SSSR count). The van der Waals surface area contributed by atoms with Crippen LogP contribution in [0.4, 0.5) is 11.4 Å². The van der Waals surface area contributed by atoms with E-state index in [9.17, 15) is 4.79 Å². The Morgan fingerprint density at radius 2 is 1.83 bits per heavy atom. The highest BCUT2D eigenvalue weighted by molar-refractivity contribution is 9.10. The van der Waals surface area contributed by atoms with E-state index in [1.165, 1.54) is 0 Å². The molecule has 0 heterocycles. The van der Waals surface area contributed by atoms with Crippen molar-refractivity contribution in [1.82, 2.24) is 0 Å². The first-order valence-corrected chi connectivity index (χ1v) is 7.80. The van der Waals surface area contributed by atoms with Crippen LogP contribution in [0.3, 0.4) is 0 Å². The van der Waals surface area contributed by atoms with Gasteiger partial charge in [-0.15, -0.1) is 0 Å². The van der Waals surface area contributed by atoms with Crippen LogP contribution in [0.2, 0.25) is 0 Å². The van der Waals surface area contributed by atoms with Crippen LogP contribution in [0.5, 0.6) is 11.5 Å². The molecule has 0 radical (unpaired) electrons. The molecule has 0 atom stereocenters. The normalized spacial score (nSPS) is 11.0. The average molecular weight is 379 g/mol. The maximum absolute atomic E-state index is 12.5. The predicted octanol–water partition coefficient (Wildman–Crippen LogP) is 3.84. The van der Waals surface area contributed by atoms with E-state index in [0.717, 1.165) is 4.47 Å². The van der Waals surface area contributed by atoms with Gasteiger partial charge in [-0.25, -0.2) is 0 Å². The number of nitrogens with one attached hydrogen (secondary N) is 1. The molecule has 0 aliphatic carbocycles. The van der Waals surface area contributed by atoms with Gasteiger partial charge in [0.15, 0.2) is 5.60 Å². The van der Waals surface area contributed by atoms with Crippen molar-refractivity contribution >= 4 is 33.2 Å². The van der Waals surface area contributed by atoms with E-state index >= 15 is 0 Å². The van der Waals surface area contributed by atoms with Crippen molar-refractivity contribution in [2.24, 2.45) is 0 Å². The Kier molecular flexibility index (Phi) is 5.15. The van der Waals surface area contributed by atoms with E-state index in [2.05, 4.69) is 21.2 Å². The van der Waals surface area contributed by atoms with Crippen LogP contribution in [0.1, 0.15) is 13.8 Å². The zero-order valence-electron chi connectivity index (χ0n) is 13.2. The Balaban J connectivity index is 2.08. The number of carbonyl (C=O) groups excluding carboxylic acids is 1. The maximum Gasteiger partial charge on any atom is 0.267 e. The van der Waals surface area contributed by atoms with Crippen molar-refractivity contribution in [2.75, 3.05) is 18.2 Å². The van der Waals surface area contributed by atoms with Crippen LogP contribution in [0.25, 0.3) is 0 Å². The Hall–Kier alpha value is -2.21. The van der Waals surface area contributed by atoms with Gasteiger partial charge in [-0.3, -0.25) is 4.79 Å². The van der Waals surface area contributed by atoms with Crippen LogP contribution in [-0.4, -0.2) is 18.6 Å². The number of methoxy groups -OCH3 is 1. The van der Waals surface area contributed by atoms with Gasteiger partial charge in [-0.2, -0.15) is 0 Å². The highest BCUT2D eigenvalue weighted by Gasteiger charge is 2.30. The lowest BCUT2D eigenvalue weighted by molar-refractivity contribution is -0.128. The molecule has 3 N–H and O–H groups in total. The molecule has 0 saturated carbocycles. The monoisotopic (exact) mass is 378 g/mol. The Morgan fingerprint density at radius 1 is 1.17 bits per heavy atom. The third kappa shape index (κ3) is 4.39. The number of nitrogen functional groups attached to an aromatic ring is 1. The molecule has 23 heavy (non-hydrogen) atoms. The van der Waals surface area contributed by atoms with Crippen molar-refractivity contribution in [1.29, 1.82) is 0 Å². The fraction of sp³-hybridized carbons (Fsp3) is 0.235. The van der Waals surface area contributed by atoms with Crippen molar-refractivity contribution < 1.29 is 14.3 Å². The number of benzene rings is 2. The SMILES string of the molecule is COc1ccc(NC(=O)C(C)(C)Oc2ccc(Br)cc2)cc1N. The van der Waals surface area contributed by atoms with E-state index in [1.807, 2.05) is 12.1 Å². The first kappa shape index (κ1) is 17.1. The summed E-state index contributed by atoms with van der Waals surface area (Å²) in [4.78, 5) is 12.5. The molecule has 0 unspecified atom stereocenters. The number of halogens is 1. The maximum atomic E-state index is 12.5. The van der Waals surface area contributed by atoms with Gasteiger partial charge in [0, 0.05) is 10.2 Å². The van der Waals surface area contributed by atoms with Crippen LogP contribution in [0, 0.1) is 0 Å². The number of rotatable bonds is 5. The van der Waals surface area contributed by atoms with Gasteiger partial charge in [-0.05, 0) is 56.3 Å². The Labute approximate surface area is 143 Å². The van der Waals surface area contributed by atoms with Gasteiger partial charge >= 0.3 is 0 Å². The van der Waals surface area contributed by atoms with E-state index in [0.29, 0.717) is 22.9 Å². The van der Waals surface area contributed by atoms with Gasteiger partial charge in [0.25, 0.3) is 5.91 Å². The van der Waals surface area contributed by atoms with Gasteiger partial charge in [-0.1, -0.05) is 15.9 Å². The molecule has 2 aromatic carbocycles. The van der Waals surface area contributed by atoms with Crippen molar-refractivity contribution in [3.63, 3.8) is 0 Å². The molecule has 5 nitrogen and oxygen atoms in total. The third-order valence-electron chi connectivity index (χ3n) is 3.22. The summed E-state index contributed by atoms with van der Waals surface area (Å²) in [6.07, 6.45) is 0. The highest BCUT2D eigenvalue weighted by Crippen LogP contribution is 2.26. The molecule has 0 fully saturated rings. The minimum atomic E-state index is -1.04. The summed E-state index contributed by atoms with van der Waals surface area (Å²) in [6, 6.07) is 12.4. The fourth-order valence-electron chi connectivity index (χ4n) is 1.94. The number of nitrogens with two attached hydrogens (primary N) is 1. The first-order chi connectivity index (χ1) is 10.8. The summed E-state index contributed by atoms with van der Waals surface area (Å²) >= 11 is 3.36. The molecule has 122 valence electrons. The van der Waals surface area contributed by atoms with Gasteiger partial charge in [0.05, 0.1) is 12.8 Å². The molecule has 0 aliphatic heterocycles. The van der Waals surface area contributed by atoms with Gasteiger partial charge in [0.2, 0.25) is 0 Å².